The number of hydrogen-bond acceptors (Lipinski definition) is 4. The first-order valence-corrected chi connectivity index (χ1v) is 9.85. The number of aryl methyl sites for hydroxylation is 1. The Kier molecular flexibility index (Phi) is 5.64. The minimum Gasteiger partial charge on any atom is -0.299 e. The summed E-state index contributed by atoms with van der Waals surface area (Å²) in [6, 6.07) is 9.32. The summed E-state index contributed by atoms with van der Waals surface area (Å²) in [6.07, 6.45) is 3.34. The van der Waals surface area contributed by atoms with Gasteiger partial charge in [-0.15, -0.1) is 0 Å². The van der Waals surface area contributed by atoms with E-state index in [1.807, 2.05) is 32.9 Å². The number of hydrogen-bond donors (Lipinski definition) is 0. The molecule has 0 aliphatic carbocycles. The minimum atomic E-state index is -0.334. The average Bonchev–Trinajstić information content (AvgIpc) is 3.13. The van der Waals surface area contributed by atoms with E-state index >= 15 is 0 Å². The molecular weight excluding hydrogens is 324 g/mol. The van der Waals surface area contributed by atoms with Gasteiger partial charge in [-0.1, -0.05) is 39.0 Å². The molecule has 0 N–H and O–H groups in total. The molecule has 0 saturated carbocycles. The Morgan fingerprint density at radius 2 is 1.81 bits per heavy atom. The first kappa shape index (κ1) is 19.2. The topological polar surface area (TPSA) is 40.6 Å². The maximum absolute atomic E-state index is 12.5. The maximum Gasteiger partial charge on any atom is 0.168 e. The number of likely N-dealkylation sites (tertiary alicyclic amines) is 2. The van der Waals surface area contributed by atoms with Crippen molar-refractivity contribution in [3.8, 4) is 0 Å². The SMILES string of the molecule is CC(=O)CN1C[C@@H]2C[C@H]1CN2CCCc1cccc(C(=O)C(C)(C)C)c1. The highest BCUT2D eigenvalue weighted by Crippen LogP contribution is 2.30. The summed E-state index contributed by atoms with van der Waals surface area (Å²) in [6.45, 7) is 11.5. The molecule has 0 radical (unpaired) electrons. The number of carbonyl (C=O) groups is 2. The van der Waals surface area contributed by atoms with Crippen molar-refractivity contribution in [3.63, 3.8) is 0 Å². The second-order valence-electron chi connectivity index (χ2n) is 9.05. The van der Waals surface area contributed by atoms with Crippen LogP contribution >= 0.6 is 0 Å². The van der Waals surface area contributed by atoms with Crippen LogP contribution in [0.15, 0.2) is 24.3 Å². The fraction of sp³-hybridized carbons (Fsp3) is 0.636. The third-order valence-corrected chi connectivity index (χ3v) is 5.67. The van der Waals surface area contributed by atoms with E-state index in [-0.39, 0.29) is 17.0 Å². The van der Waals surface area contributed by atoms with Crippen LogP contribution in [0.4, 0.5) is 0 Å². The van der Waals surface area contributed by atoms with Crippen LogP contribution in [0.5, 0.6) is 0 Å². The Bertz CT molecular complexity index is 677. The summed E-state index contributed by atoms with van der Waals surface area (Å²) in [4.78, 5) is 28.7. The number of benzene rings is 1. The van der Waals surface area contributed by atoms with Crippen LogP contribution in [0.1, 0.15) is 56.5 Å². The number of ketones is 2. The molecule has 2 bridgehead atoms. The molecule has 3 rings (SSSR count). The Hall–Kier alpha value is -1.52. The molecule has 2 aliphatic rings. The standard InChI is InChI=1S/C22H32N2O2/c1-16(25)13-24-15-19-12-20(24)14-23(19)10-6-8-17-7-5-9-18(11-17)21(26)22(2,3)4/h5,7,9,11,19-20H,6,8,10,12-15H2,1-4H3/t19-,20-/m0/s1. The predicted molar refractivity (Wildman–Crippen MR) is 105 cm³/mol. The lowest BCUT2D eigenvalue weighted by molar-refractivity contribution is -0.118. The van der Waals surface area contributed by atoms with Crippen LogP contribution < -0.4 is 0 Å². The highest BCUT2D eigenvalue weighted by atomic mass is 16.1. The van der Waals surface area contributed by atoms with Crippen molar-refractivity contribution < 1.29 is 9.59 Å². The van der Waals surface area contributed by atoms with Gasteiger partial charge in [0, 0.05) is 36.2 Å². The molecule has 2 fully saturated rings. The summed E-state index contributed by atoms with van der Waals surface area (Å²) >= 11 is 0. The third kappa shape index (κ3) is 4.41. The maximum atomic E-state index is 12.5. The van der Waals surface area contributed by atoms with Gasteiger partial charge >= 0.3 is 0 Å². The van der Waals surface area contributed by atoms with Gasteiger partial charge in [-0.3, -0.25) is 19.4 Å². The van der Waals surface area contributed by atoms with Crippen LogP contribution in [0.2, 0.25) is 0 Å². The van der Waals surface area contributed by atoms with Gasteiger partial charge in [-0.2, -0.15) is 0 Å². The second-order valence-corrected chi connectivity index (χ2v) is 9.05. The zero-order chi connectivity index (χ0) is 18.9. The zero-order valence-electron chi connectivity index (χ0n) is 16.6. The number of nitrogens with zero attached hydrogens (tertiary/aromatic N) is 2. The van der Waals surface area contributed by atoms with Crippen LogP contribution in [-0.4, -0.2) is 59.6 Å². The number of carbonyl (C=O) groups excluding carboxylic acids is 2. The lowest BCUT2D eigenvalue weighted by atomic mass is 9.86. The van der Waals surface area contributed by atoms with Gasteiger partial charge in [-0.05, 0) is 44.4 Å². The molecule has 4 heteroatoms. The fourth-order valence-corrected chi connectivity index (χ4v) is 4.37. The summed E-state index contributed by atoms with van der Waals surface area (Å²) in [5, 5.41) is 0. The van der Waals surface area contributed by atoms with Crippen molar-refractivity contribution in [2.75, 3.05) is 26.2 Å². The van der Waals surface area contributed by atoms with Gasteiger partial charge in [0.25, 0.3) is 0 Å². The number of Topliss-reactive ketones (excluding diaryl/α,β-unsaturated/α-hetero) is 2. The lowest BCUT2D eigenvalue weighted by Crippen LogP contribution is -2.47. The Morgan fingerprint density at radius 3 is 2.42 bits per heavy atom. The van der Waals surface area contributed by atoms with Gasteiger partial charge in [0.1, 0.15) is 5.78 Å². The Balaban J connectivity index is 1.48. The van der Waals surface area contributed by atoms with E-state index in [4.69, 9.17) is 0 Å². The van der Waals surface area contributed by atoms with Crippen LogP contribution in [-0.2, 0) is 11.2 Å². The quantitative estimate of drug-likeness (QED) is 0.704. The van der Waals surface area contributed by atoms with E-state index in [0.29, 0.717) is 18.6 Å². The van der Waals surface area contributed by atoms with Crippen molar-refractivity contribution in [2.24, 2.45) is 5.41 Å². The molecule has 2 aliphatic heterocycles. The van der Waals surface area contributed by atoms with E-state index < -0.39 is 0 Å². The van der Waals surface area contributed by atoms with Gasteiger partial charge in [0.2, 0.25) is 0 Å². The molecule has 0 aromatic heterocycles. The van der Waals surface area contributed by atoms with Crippen molar-refractivity contribution >= 4 is 11.6 Å². The van der Waals surface area contributed by atoms with Crippen molar-refractivity contribution in [2.45, 2.75) is 59.0 Å². The molecule has 0 unspecified atom stereocenters. The molecule has 26 heavy (non-hydrogen) atoms. The lowest BCUT2D eigenvalue weighted by Gasteiger charge is -2.33. The van der Waals surface area contributed by atoms with Gasteiger partial charge in [0.15, 0.2) is 5.78 Å². The highest BCUT2D eigenvalue weighted by Gasteiger charge is 2.42. The number of fused-ring (bicyclic) bond motifs is 2. The molecule has 142 valence electrons. The first-order valence-electron chi connectivity index (χ1n) is 9.85. The highest BCUT2D eigenvalue weighted by molar-refractivity contribution is 5.99. The number of piperazine rings is 1. The van der Waals surface area contributed by atoms with E-state index in [1.165, 1.54) is 12.0 Å². The van der Waals surface area contributed by atoms with Gasteiger partial charge in [-0.25, -0.2) is 0 Å². The average molecular weight is 357 g/mol. The van der Waals surface area contributed by atoms with Gasteiger partial charge < -0.3 is 0 Å². The molecular formula is C22H32N2O2. The van der Waals surface area contributed by atoms with Crippen molar-refractivity contribution in [1.29, 1.82) is 0 Å². The summed E-state index contributed by atoms with van der Waals surface area (Å²) < 4.78 is 0. The first-order chi connectivity index (χ1) is 12.2. The van der Waals surface area contributed by atoms with E-state index in [9.17, 15) is 9.59 Å². The minimum absolute atomic E-state index is 0.210. The van der Waals surface area contributed by atoms with E-state index in [2.05, 4.69) is 21.9 Å². The smallest absolute Gasteiger partial charge is 0.168 e. The molecule has 4 nitrogen and oxygen atoms in total. The van der Waals surface area contributed by atoms with E-state index in [1.54, 1.807) is 6.92 Å². The number of rotatable bonds is 7. The van der Waals surface area contributed by atoms with Crippen LogP contribution in [0.3, 0.4) is 0 Å². The van der Waals surface area contributed by atoms with E-state index in [0.717, 1.165) is 38.0 Å². The second kappa shape index (κ2) is 7.61. The third-order valence-electron chi connectivity index (χ3n) is 5.67. The van der Waals surface area contributed by atoms with Crippen molar-refractivity contribution in [1.82, 2.24) is 9.80 Å². The Labute approximate surface area is 157 Å². The zero-order valence-corrected chi connectivity index (χ0v) is 16.6. The molecule has 2 atom stereocenters. The molecule has 2 saturated heterocycles. The van der Waals surface area contributed by atoms with Crippen LogP contribution in [0.25, 0.3) is 0 Å². The normalized spacial score (nSPS) is 23.5. The predicted octanol–water partition coefficient (Wildman–Crippen LogP) is 3.20. The molecule has 1 aromatic carbocycles. The molecule has 0 amide bonds. The summed E-state index contributed by atoms with van der Waals surface area (Å²) in [7, 11) is 0. The molecule has 2 heterocycles. The largest absolute Gasteiger partial charge is 0.299 e. The van der Waals surface area contributed by atoms with Gasteiger partial charge in [0.05, 0.1) is 6.54 Å². The molecule has 0 spiro atoms. The molecule has 1 aromatic rings. The summed E-state index contributed by atoms with van der Waals surface area (Å²) in [5.74, 6) is 0.482. The van der Waals surface area contributed by atoms with Crippen LogP contribution in [0, 0.1) is 5.41 Å². The fourth-order valence-electron chi connectivity index (χ4n) is 4.37. The Morgan fingerprint density at radius 1 is 1.12 bits per heavy atom. The van der Waals surface area contributed by atoms with Crippen molar-refractivity contribution in [3.05, 3.63) is 35.4 Å². The monoisotopic (exact) mass is 356 g/mol. The summed E-state index contributed by atoms with van der Waals surface area (Å²) in [5.41, 5.74) is 1.75.